The second kappa shape index (κ2) is 6.60. The highest BCUT2D eigenvalue weighted by Crippen LogP contribution is 2.31. The number of aryl methyl sites for hydroxylation is 1. The summed E-state index contributed by atoms with van der Waals surface area (Å²) in [5.74, 6) is -0.669. The van der Waals surface area contributed by atoms with Gasteiger partial charge < -0.3 is 14.5 Å². The van der Waals surface area contributed by atoms with Gasteiger partial charge in [0.05, 0.1) is 10.6 Å². The molecule has 1 aromatic carbocycles. The maximum atomic E-state index is 12.4. The highest BCUT2D eigenvalue weighted by atomic mass is 32.1. The molecule has 0 saturated heterocycles. The predicted octanol–water partition coefficient (Wildman–Crippen LogP) is 4.86. The maximum absolute atomic E-state index is 12.4. The fraction of sp³-hybridized carbons (Fsp3) is 0.125. The maximum Gasteiger partial charge on any atom is 0.573 e. The Labute approximate surface area is 144 Å². The van der Waals surface area contributed by atoms with Crippen LogP contribution in [0.15, 0.2) is 46.2 Å². The Balaban J connectivity index is 1.84. The van der Waals surface area contributed by atoms with Crippen LogP contribution in [0, 0.1) is 6.92 Å². The van der Waals surface area contributed by atoms with Gasteiger partial charge in [-0.1, -0.05) is 18.2 Å². The molecule has 9 heteroatoms. The second-order valence-corrected chi connectivity index (χ2v) is 5.85. The minimum absolute atomic E-state index is 0.00906. The van der Waals surface area contributed by atoms with Gasteiger partial charge in [0.2, 0.25) is 5.89 Å². The molecule has 0 radical (unpaired) electrons. The number of aromatic nitrogens is 1. The molecule has 3 rings (SSSR count). The highest BCUT2D eigenvalue weighted by Gasteiger charge is 2.32. The van der Waals surface area contributed by atoms with Crippen LogP contribution in [0.25, 0.3) is 10.8 Å². The van der Waals surface area contributed by atoms with Crippen molar-refractivity contribution in [1.82, 2.24) is 4.98 Å². The lowest BCUT2D eigenvalue weighted by Crippen LogP contribution is -2.20. The van der Waals surface area contributed by atoms with Gasteiger partial charge in [-0.05, 0) is 30.5 Å². The van der Waals surface area contributed by atoms with Crippen LogP contribution in [0.3, 0.4) is 0 Å². The van der Waals surface area contributed by atoms with Crippen LogP contribution in [-0.2, 0) is 0 Å². The summed E-state index contributed by atoms with van der Waals surface area (Å²) in [6.45, 7) is 1.55. The third kappa shape index (κ3) is 4.00. The van der Waals surface area contributed by atoms with E-state index in [0.717, 1.165) is 10.9 Å². The summed E-state index contributed by atoms with van der Waals surface area (Å²) in [6.07, 6.45) is -4.86. The number of amides is 1. The molecule has 2 aromatic heterocycles. The molecule has 0 unspecified atom stereocenters. The monoisotopic (exact) mass is 368 g/mol. The average molecular weight is 368 g/mol. The van der Waals surface area contributed by atoms with Gasteiger partial charge in [0.1, 0.15) is 5.76 Å². The van der Waals surface area contributed by atoms with Crippen LogP contribution in [0.4, 0.5) is 18.9 Å². The summed E-state index contributed by atoms with van der Waals surface area (Å²) in [5.41, 5.74) is -0.130. The van der Waals surface area contributed by atoms with E-state index in [1.165, 1.54) is 29.5 Å². The van der Waals surface area contributed by atoms with E-state index < -0.39 is 18.0 Å². The third-order valence-corrected chi connectivity index (χ3v) is 3.96. The summed E-state index contributed by atoms with van der Waals surface area (Å²) in [6, 6.07) is 8.84. The quantitative estimate of drug-likeness (QED) is 0.714. The molecule has 0 bridgehead atoms. The normalized spacial score (nSPS) is 11.4. The van der Waals surface area contributed by atoms with E-state index in [1.807, 2.05) is 11.4 Å². The van der Waals surface area contributed by atoms with E-state index in [1.54, 1.807) is 13.0 Å². The Morgan fingerprint density at radius 2 is 2.00 bits per heavy atom. The molecule has 1 N–H and O–H groups in total. The molecule has 5 nitrogen and oxygen atoms in total. The fourth-order valence-electron chi connectivity index (χ4n) is 2.08. The lowest BCUT2D eigenvalue weighted by atomic mass is 10.2. The van der Waals surface area contributed by atoms with E-state index in [4.69, 9.17) is 4.42 Å². The van der Waals surface area contributed by atoms with Crippen molar-refractivity contribution in [3.63, 3.8) is 0 Å². The van der Waals surface area contributed by atoms with E-state index in [2.05, 4.69) is 15.0 Å². The topological polar surface area (TPSA) is 64.4 Å². The molecule has 0 aliphatic rings. The number of para-hydroxylation sites is 2. The van der Waals surface area contributed by atoms with Gasteiger partial charge in [-0.25, -0.2) is 4.98 Å². The van der Waals surface area contributed by atoms with Crippen LogP contribution in [-0.4, -0.2) is 17.3 Å². The number of halogens is 3. The SMILES string of the molecule is Cc1oc(-c2cccs2)nc1C(=O)Nc1ccccc1OC(F)(F)F. The number of ether oxygens (including phenoxy) is 1. The lowest BCUT2D eigenvalue weighted by Gasteiger charge is -2.13. The van der Waals surface area contributed by atoms with Gasteiger partial charge in [-0.2, -0.15) is 0 Å². The Morgan fingerprint density at radius 1 is 1.24 bits per heavy atom. The van der Waals surface area contributed by atoms with Crippen molar-refractivity contribution < 1.29 is 27.1 Å². The number of oxazole rings is 1. The highest BCUT2D eigenvalue weighted by molar-refractivity contribution is 7.13. The van der Waals surface area contributed by atoms with Crippen molar-refractivity contribution in [3.8, 4) is 16.5 Å². The van der Waals surface area contributed by atoms with E-state index in [-0.39, 0.29) is 23.0 Å². The molecule has 2 heterocycles. The van der Waals surface area contributed by atoms with Crippen LogP contribution in [0.5, 0.6) is 5.75 Å². The van der Waals surface area contributed by atoms with Crippen molar-refractivity contribution in [1.29, 1.82) is 0 Å². The number of alkyl halides is 3. The Bertz CT molecular complexity index is 888. The first-order valence-electron chi connectivity index (χ1n) is 7.01. The number of hydrogen-bond acceptors (Lipinski definition) is 5. The fourth-order valence-corrected chi connectivity index (χ4v) is 2.73. The summed E-state index contributed by atoms with van der Waals surface area (Å²) < 4.78 is 46.7. The largest absolute Gasteiger partial charge is 0.573 e. The Morgan fingerprint density at radius 3 is 2.68 bits per heavy atom. The van der Waals surface area contributed by atoms with E-state index >= 15 is 0 Å². The number of rotatable bonds is 4. The van der Waals surface area contributed by atoms with Crippen molar-refractivity contribution in [2.75, 3.05) is 5.32 Å². The second-order valence-electron chi connectivity index (χ2n) is 4.90. The molecule has 1 amide bonds. The van der Waals surface area contributed by atoms with Crippen LogP contribution >= 0.6 is 11.3 Å². The Kier molecular flexibility index (Phi) is 4.49. The number of nitrogens with one attached hydrogen (secondary N) is 1. The van der Waals surface area contributed by atoms with Gasteiger partial charge in [0.15, 0.2) is 11.4 Å². The van der Waals surface area contributed by atoms with Gasteiger partial charge >= 0.3 is 6.36 Å². The zero-order valence-electron chi connectivity index (χ0n) is 12.8. The summed E-state index contributed by atoms with van der Waals surface area (Å²) in [4.78, 5) is 17.2. The molecule has 0 spiro atoms. The number of anilines is 1. The van der Waals surface area contributed by atoms with Crippen molar-refractivity contribution >= 4 is 22.9 Å². The average Bonchev–Trinajstić information content (AvgIpc) is 3.17. The van der Waals surface area contributed by atoms with Crippen molar-refractivity contribution in [2.45, 2.75) is 13.3 Å². The summed E-state index contributed by atoms with van der Waals surface area (Å²) in [5, 5.41) is 4.20. The van der Waals surface area contributed by atoms with Gasteiger partial charge in [0, 0.05) is 0 Å². The summed E-state index contributed by atoms with van der Waals surface area (Å²) >= 11 is 1.39. The number of carbonyl (C=O) groups excluding carboxylic acids is 1. The number of carbonyl (C=O) groups is 1. The molecule has 0 aliphatic carbocycles. The first kappa shape index (κ1) is 17.0. The zero-order chi connectivity index (χ0) is 18.0. The van der Waals surface area contributed by atoms with Crippen LogP contribution < -0.4 is 10.1 Å². The molecule has 3 aromatic rings. The minimum atomic E-state index is -4.86. The summed E-state index contributed by atoms with van der Waals surface area (Å²) in [7, 11) is 0. The van der Waals surface area contributed by atoms with Gasteiger partial charge in [-0.15, -0.1) is 24.5 Å². The van der Waals surface area contributed by atoms with Gasteiger partial charge in [0.25, 0.3) is 5.91 Å². The number of nitrogens with zero attached hydrogens (tertiary/aromatic N) is 1. The van der Waals surface area contributed by atoms with E-state index in [9.17, 15) is 18.0 Å². The standard InChI is InChI=1S/C16H11F3N2O3S/c1-9-13(21-15(23-9)12-7-4-8-25-12)14(22)20-10-5-2-3-6-11(10)24-16(17,18)19/h2-8H,1H3,(H,20,22). The van der Waals surface area contributed by atoms with Crippen LogP contribution in [0.2, 0.25) is 0 Å². The predicted molar refractivity (Wildman–Crippen MR) is 85.6 cm³/mol. The molecule has 0 aliphatic heterocycles. The Hall–Kier alpha value is -2.81. The van der Waals surface area contributed by atoms with Crippen molar-refractivity contribution in [3.05, 3.63) is 53.2 Å². The number of thiophene rings is 1. The third-order valence-electron chi connectivity index (χ3n) is 3.10. The molecular formula is C16H11F3N2O3S. The zero-order valence-corrected chi connectivity index (χ0v) is 13.6. The van der Waals surface area contributed by atoms with Crippen LogP contribution in [0.1, 0.15) is 16.2 Å². The molecule has 0 atom stereocenters. The van der Waals surface area contributed by atoms with Crippen molar-refractivity contribution in [2.24, 2.45) is 0 Å². The number of hydrogen-bond donors (Lipinski definition) is 1. The first-order chi connectivity index (χ1) is 11.8. The first-order valence-corrected chi connectivity index (χ1v) is 7.89. The smallest absolute Gasteiger partial charge is 0.440 e. The molecule has 0 saturated carbocycles. The molecule has 130 valence electrons. The molecule has 0 fully saturated rings. The minimum Gasteiger partial charge on any atom is -0.440 e. The number of benzene rings is 1. The molecule has 25 heavy (non-hydrogen) atoms. The van der Waals surface area contributed by atoms with Gasteiger partial charge in [-0.3, -0.25) is 4.79 Å². The lowest BCUT2D eigenvalue weighted by molar-refractivity contribution is -0.274. The van der Waals surface area contributed by atoms with E-state index in [0.29, 0.717) is 0 Å². The molecular weight excluding hydrogens is 357 g/mol.